The second-order valence-corrected chi connectivity index (χ2v) is 2.30. The number of hydrogen-bond acceptors (Lipinski definition) is 2. The van der Waals surface area contributed by atoms with E-state index in [1.807, 2.05) is 26.0 Å². The van der Waals surface area contributed by atoms with Crippen LogP contribution in [0, 0.1) is 0 Å². The summed E-state index contributed by atoms with van der Waals surface area (Å²) in [6.45, 7) is 5.54. The molecule has 0 atom stereocenters. The normalized spacial score (nSPS) is 13.1. The van der Waals surface area contributed by atoms with Gasteiger partial charge in [-0.1, -0.05) is 12.2 Å². The zero-order valence-electron chi connectivity index (χ0n) is 7.47. The summed E-state index contributed by atoms with van der Waals surface area (Å²) < 4.78 is 4.55. The van der Waals surface area contributed by atoms with Gasteiger partial charge in [0.15, 0.2) is 0 Å². The van der Waals surface area contributed by atoms with Gasteiger partial charge >= 0.3 is 5.97 Å². The summed E-state index contributed by atoms with van der Waals surface area (Å²) in [5.74, 6) is -0.263. The number of rotatable bonds is 2. The molecule has 0 spiro atoms. The Balaban J connectivity index is 4.51. The van der Waals surface area contributed by atoms with Gasteiger partial charge in [0.25, 0.3) is 0 Å². The van der Waals surface area contributed by atoms with Crippen molar-refractivity contribution in [3.05, 3.63) is 23.3 Å². The third kappa shape index (κ3) is 3.03. The molecule has 0 aromatic carbocycles. The molecule has 0 unspecified atom stereocenters. The Kier molecular flexibility index (Phi) is 4.27. The van der Waals surface area contributed by atoms with Crippen LogP contribution in [0.3, 0.4) is 0 Å². The molecule has 11 heavy (non-hydrogen) atoms. The smallest absolute Gasteiger partial charge is 0.333 e. The molecule has 0 bridgehead atoms. The molecule has 2 heteroatoms. The second kappa shape index (κ2) is 4.72. The summed E-state index contributed by atoms with van der Waals surface area (Å²) in [6, 6.07) is 0. The highest BCUT2D eigenvalue weighted by Crippen LogP contribution is 2.05. The summed E-state index contributed by atoms with van der Waals surface area (Å²) in [4.78, 5) is 10.9. The van der Waals surface area contributed by atoms with Crippen molar-refractivity contribution in [1.29, 1.82) is 0 Å². The van der Waals surface area contributed by atoms with Crippen LogP contribution >= 0.6 is 0 Å². The summed E-state index contributed by atoms with van der Waals surface area (Å²) in [5.41, 5.74) is 1.60. The Labute approximate surface area is 67.6 Å². The van der Waals surface area contributed by atoms with Gasteiger partial charge in [-0.25, -0.2) is 4.79 Å². The maximum absolute atomic E-state index is 10.9. The number of carbonyl (C=O) groups excluding carboxylic acids is 1. The van der Waals surface area contributed by atoms with Gasteiger partial charge < -0.3 is 4.74 Å². The SMILES string of the molecule is C/C=C\C(C)=C(/C)C(=O)OC. The van der Waals surface area contributed by atoms with Crippen LogP contribution < -0.4 is 0 Å². The zero-order chi connectivity index (χ0) is 8.85. The van der Waals surface area contributed by atoms with Gasteiger partial charge in [-0.15, -0.1) is 0 Å². The summed E-state index contributed by atoms with van der Waals surface area (Å²) in [6.07, 6.45) is 3.77. The number of carbonyl (C=O) groups is 1. The quantitative estimate of drug-likeness (QED) is 0.346. The van der Waals surface area contributed by atoms with E-state index < -0.39 is 0 Å². The van der Waals surface area contributed by atoms with Crippen LogP contribution in [0.2, 0.25) is 0 Å². The molecule has 0 aromatic heterocycles. The van der Waals surface area contributed by atoms with Crippen molar-refractivity contribution >= 4 is 5.97 Å². The minimum Gasteiger partial charge on any atom is -0.466 e. The highest BCUT2D eigenvalue weighted by Gasteiger charge is 2.04. The van der Waals surface area contributed by atoms with E-state index in [1.165, 1.54) is 7.11 Å². The first kappa shape index (κ1) is 9.95. The van der Waals surface area contributed by atoms with Crippen LogP contribution in [0.1, 0.15) is 20.8 Å². The van der Waals surface area contributed by atoms with E-state index in [0.717, 1.165) is 5.57 Å². The lowest BCUT2D eigenvalue weighted by molar-refractivity contribution is -0.136. The van der Waals surface area contributed by atoms with E-state index in [-0.39, 0.29) is 5.97 Å². The first-order valence-corrected chi connectivity index (χ1v) is 3.52. The molecular weight excluding hydrogens is 140 g/mol. The Morgan fingerprint density at radius 1 is 1.36 bits per heavy atom. The van der Waals surface area contributed by atoms with E-state index in [0.29, 0.717) is 5.57 Å². The molecule has 0 rings (SSSR count). The maximum atomic E-state index is 10.9. The summed E-state index contributed by atoms with van der Waals surface area (Å²) in [5, 5.41) is 0. The summed E-state index contributed by atoms with van der Waals surface area (Å²) >= 11 is 0. The predicted octanol–water partition coefficient (Wildman–Crippen LogP) is 2.07. The first-order valence-electron chi connectivity index (χ1n) is 3.52. The molecule has 0 saturated heterocycles. The van der Waals surface area contributed by atoms with Crippen LogP contribution in [0.5, 0.6) is 0 Å². The molecule has 0 aromatic rings. The minimum absolute atomic E-state index is 0.263. The monoisotopic (exact) mass is 154 g/mol. The molecule has 2 nitrogen and oxygen atoms in total. The number of allylic oxidation sites excluding steroid dienone is 3. The van der Waals surface area contributed by atoms with Crippen molar-refractivity contribution in [3.8, 4) is 0 Å². The van der Waals surface area contributed by atoms with Gasteiger partial charge in [-0.3, -0.25) is 0 Å². The lowest BCUT2D eigenvalue weighted by atomic mass is 10.1. The molecular formula is C9H14O2. The van der Waals surface area contributed by atoms with Gasteiger partial charge in [0, 0.05) is 5.57 Å². The average Bonchev–Trinajstić information content (AvgIpc) is 2.02. The molecule has 0 amide bonds. The number of esters is 1. The van der Waals surface area contributed by atoms with Gasteiger partial charge in [0.2, 0.25) is 0 Å². The standard InChI is InChI=1S/C9H14O2/c1-5-6-7(2)8(3)9(10)11-4/h5-6H,1-4H3/b6-5-,8-7+. The molecule has 0 N–H and O–H groups in total. The first-order chi connectivity index (χ1) is 5.13. The topological polar surface area (TPSA) is 26.3 Å². The number of hydrogen-bond donors (Lipinski definition) is 0. The fourth-order valence-electron chi connectivity index (χ4n) is 0.689. The molecule has 0 saturated carbocycles. The molecule has 0 aliphatic carbocycles. The van der Waals surface area contributed by atoms with Crippen molar-refractivity contribution in [2.24, 2.45) is 0 Å². The minimum atomic E-state index is -0.263. The Bertz CT molecular complexity index is 200. The van der Waals surface area contributed by atoms with Gasteiger partial charge in [-0.2, -0.15) is 0 Å². The van der Waals surface area contributed by atoms with Gasteiger partial charge in [0.1, 0.15) is 0 Å². The average molecular weight is 154 g/mol. The fraction of sp³-hybridized carbons (Fsp3) is 0.444. The maximum Gasteiger partial charge on any atom is 0.333 e. The largest absolute Gasteiger partial charge is 0.466 e. The molecule has 0 fully saturated rings. The van der Waals surface area contributed by atoms with Crippen molar-refractivity contribution in [3.63, 3.8) is 0 Å². The van der Waals surface area contributed by atoms with Crippen molar-refractivity contribution in [2.45, 2.75) is 20.8 Å². The fourth-order valence-corrected chi connectivity index (χ4v) is 0.689. The van der Waals surface area contributed by atoms with Gasteiger partial charge in [0.05, 0.1) is 7.11 Å². The highest BCUT2D eigenvalue weighted by atomic mass is 16.5. The van der Waals surface area contributed by atoms with Crippen molar-refractivity contribution in [1.82, 2.24) is 0 Å². The molecule has 0 aliphatic rings. The van der Waals surface area contributed by atoms with E-state index in [4.69, 9.17) is 0 Å². The molecule has 62 valence electrons. The Morgan fingerprint density at radius 2 is 1.91 bits per heavy atom. The van der Waals surface area contributed by atoms with Crippen LogP contribution in [-0.4, -0.2) is 13.1 Å². The van der Waals surface area contributed by atoms with Crippen molar-refractivity contribution in [2.75, 3.05) is 7.11 Å². The third-order valence-corrected chi connectivity index (χ3v) is 1.50. The summed E-state index contributed by atoms with van der Waals surface area (Å²) in [7, 11) is 1.38. The highest BCUT2D eigenvalue weighted by molar-refractivity contribution is 5.88. The van der Waals surface area contributed by atoms with Crippen LogP contribution in [0.15, 0.2) is 23.3 Å². The molecule has 0 radical (unpaired) electrons. The van der Waals surface area contributed by atoms with E-state index >= 15 is 0 Å². The molecule has 0 aliphatic heterocycles. The van der Waals surface area contributed by atoms with E-state index in [1.54, 1.807) is 6.92 Å². The number of methoxy groups -OCH3 is 1. The second-order valence-electron chi connectivity index (χ2n) is 2.30. The van der Waals surface area contributed by atoms with Crippen LogP contribution in [-0.2, 0) is 9.53 Å². The molecule has 0 heterocycles. The Hall–Kier alpha value is -1.05. The third-order valence-electron chi connectivity index (χ3n) is 1.50. The zero-order valence-corrected chi connectivity index (χ0v) is 7.47. The number of ether oxygens (including phenoxy) is 1. The van der Waals surface area contributed by atoms with Gasteiger partial charge in [-0.05, 0) is 26.3 Å². The van der Waals surface area contributed by atoms with E-state index in [9.17, 15) is 4.79 Å². The van der Waals surface area contributed by atoms with Crippen molar-refractivity contribution < 1.29 is 9.53 Å². The predicted molar refractivity (Wildman–Crippen MR) is 45.2 cm³/mol. The van der Waals surface area contributed by atoms with Crippen LogP contribution in [0.25, 0.3) is 0 Å². The van der Waals surface area contributed by atoms with E-state index in [2.05, 4.69) is 4.74 Å². The lowest BCUT2D eigenvalue weighted by Gasteiger charge is -2.00. The Morgan fingerprint density at radius 3 is 2.27 bits per heavy atom. The lowest BCUT2D eigenvalue weighted by Crippen LogP contribution is -2.02. The van der Waals surface area contributed by atoms with Crippen LogP contribution in [0.4, 0.5) is 0 Å².